The summed E-state index contributed by atoms with van der Waals surface area (Å²) in [5, 5.41) is 5.17. The van der Waals surface area contributed by atoms with Crippen LogP contribution in [0.1, 0.15) is 52.4 Å². The summed E-state index contributed by atoms with van der Waals surface area (Å²) in [6, 6.07) is -0.329. The van der Waals surface area contributed by atoms with Gasteiger partial charge >= 0.3 is 12.2 Å². The van der Waals surface area contributed by atoms with Crippen molar-refractivity contribution in [2.75, 3.05) is 53.1 Å². The number of unbranched alkanes of at least 4 members (excludes halogenated alkanes) is 2. The van der Waals surface area contributed by atoms with Crippen LogP contribution in [0.15, 0.2) is 0 Å². The third-order valence-electron chi connectivity index (χ3n) is 3.58. The molecule has 0 saturated carbocycles. The Balaban J connectivity index is -0.000000301. The van der Waals surface area contributed by atoms with Gasteiger partial charge in [-0.05, 0) is 32.4 Å². The quantitative estimate of drug-likeness (QED) is 0.107. The fraction of sp³-hybridized carbons (Fsp3) is 0.810. The molecule has 0 aliphatic heterocycles. The third kappa shape index (κ3) is 45.5. The van der Waals surface area contributed by atoms with Crippen molar-refractivity contribution in [1.82, 2.24) is 10.6 Å². The minimum Gasteiger partial charge on any atom is -0.448 e. The molecule has 0 heterocycles. The molecule has 0 aromatic heterocycles. The zero-order chi connectivity index (χ0) is 27.7. The molecule has 0 aromatic rings. The lowest BCUT2D eigenvalue weighted by molar-refractivity contribution is -0.117. The van der Waals surface area contributed by atoms with Crippen LogP contribution in [0.2, 0.25) is 0 Å². The van der Waals surface area contributed by atoms with E-state index in [1.807, 2.05) is 0 Å². The van der Waals surface area contributed by atoms with Crippen LogP contribution in [-0.4, -0.2) is 83.7 Å². The highest BCUT2D eigenvalue weighted by atomic mass is 16.6. The van der Waals surface area contributed by atoms with Crippen molar-refractivity contribution in [2.45, 2.75) is 58.4 Å². The molecule has 1 unspecified atom stereocenters. The summed E-state index contributed by atoms with van der Waals surface area (Å²) in [4.78, 5) is 41.1. The number of alkyl carbamates (subject to hydrolysis) is 2. The summed E-state index contributed by atoms with van der Waals surface area (Å²) < 4.78 is 14.7. The molecular formula is C21H49N7O7. The second-order valence-electron chi connectivity index (χ2n) is 6.67. The van der Waals surface area contributed by atoms with Gasteiger partial charge in [-0.25, -0.2) is 9.59 Å². The lowest BCUT2D eigenvalue weighted by Crippen LogP contribution is -2.41. The van der Waals surface area contributed by atoms with E-state index in [2.05, 4.69) is 29.0 Å². The lowest BCUT2D eigenvalue weighted by Gasteiger charge is -2.18. The summed E-state index contributed by atoms with van der Waals surface area (Å²) in [6.45, 7) is 6.48. The molecule has 0 bridgehead atoms. The largest absolute Gasteiger partial charge is 0.448 e. The molecule has 0 radical (unpaired) electrons. The van der Waals surface area contributed by atoms with Gasteiger partial charge in [0.05, 0.1) is 12.6 Å². The molecule has 0 aromatic carbocycles. The first-order valence-corrected chi connectivity index (χ1v) is 11.6. The highest BCUT2D eigenvalue weighted by Crippen LogP contribution is 2.02. The van der Waals surface area contributed by atoms with E-state index in [0.29, 0.717) is 32.5 Å². The van der Waals surface area contributed by atoms with Gasteiger partial charge in [-0.2, -0.15) is 0 Å². The highest BCUT2D eigenvalue weighted by Gasteiger charge is 2.15. The zero-order valence-electron chi connectivity index (χ0n) is 21.6. The standard InChI is InChI=1S/C13H28N4O5.C4H11N.C3H7NO.CH3NO/c1-20-9-7-16-12(18)22-10-11(4-2-3-5-14)17-13(19)21-8-6-15;1-2-3-4-5;1-2-3(4)5;2-1-3/h11H,2-10,14-15H2,1H3,(H,16,18)(H,17,19);2-5H2,1H3;2H2,1H3,(H2,4,5);1H,(H2,2,3). The second-order valence-corrected chi connectivity index (χ2v) is 6.67. The van der Waals surface area contributed by atoms with Crippen LogP contribution in [-0.2, 0) is 23.8 Å². The van der Waals surface area contributed by atoms with E-state index in [0.717, 1.165) is 19.4 Å². The molecule has 1 atom stereocenters. The van der Waals surface area contributed by atoms with Gasteiger partial charge in [-0.1, -0.05) is 26.7 Å². The van der Waals surface area contributed by atoms with Crippen molar-refractivity contribution in [2.24, 2.45) is 28.7 Å². The maximum absolute atomic E-state index is 11.5. The summed E-state index contributed by atoms with van der Waals surface area (Å²) in [6.07, 6.45) is 4.23. The molecule has 0 saturated heterocycles. The molecule has 0 aliphatic carbocycles. The van der Waals surface area contributed by atoms with Gasteiger partial charge < -0.3 is 53.5 Å². The maximum atomic E-state index is 11.5. The highest BCUT2D eigenvalue weighted by molar-refractivity contribution is 5.73. The summed E-state index contributed by atoms with van der Waals surface area (Å²) in [7, 11) is 1.54. The number of ether oxygens (including phenoxy) is 3. The minimum atomic E-state index is -0.577. The minimum absolute atomic E-state index is 0.0567. The smallest absolute Gasteiger partial charge is 0.407 e. The molecule has 0 spiro atoms. The average molecular weight is 512 g/mol. The molecule has 0 fully saturated rings. The summed E-state index contributed by atoms with van der Waals surface area (Å²) >= 11 is 0. The first kappa shape index (κ1) is 39.5. The summed E-state index contributed by atoms with van der Waals surface area (Å²) in [5.41, 5.74) is 24.7. The number of primary amides is 2. The van der Waals surface area contributed by atoms with Gasteiger partial charge in [-0.15, -0.1) is 0 Å². The molecule has 14 nitrogen and oxygen atoms in total. The van der Waals surface area contributed by atoms with Crippen LogP contribution in [0.3, 0.4) is 0 Å². The fourth-order valence-electron chi connectivity index (χ4n) is 1.78. The number of hydrogen-bond donors (Lipinski definition) is 7. The fourth-order valence-corrected chi connectivity index (χ4v) is 1.78. The first-order chi connectivity index (χ1) is 16.7. The molecule has 12 N–H and O–H groups in total. The Bertz CT molecular complexity index is 485. The van der Waals surface area contributed by atoms with E-state index in [9.17, 15) is 14.4 Å². The second kappa shape index (κ2) is 35.9. The number of hydrogen-bond acceptors (Lipinski definition) is 10. The van der Waals surface area contributed by atoms with Crippen molar-refractivity contribution in [1.29, 1.82) is 0 Å². The van der Waals surface area contributed by atoms with Crippen molar-refractivity contribution in [3.05, 3.63) is 0 Å². The van der Waals surface area contributed by atoms with Crippen LogP contribution in [0.5, 0.6) is 0 Å². The van der Waals surface area contributed by atoms with E-state index < -0.39 is 12.2 Å². The number of nitrogens with two attached hydrogens (primary N) is 5. The molecule has 210 valence electrons. The molecular weight excluding hydrogens is 462 g/mol. The number of carbonyl (C=O) groups excluding carboxylic acids is 4. The Kier molecular flexibility index (Phi) is 40.5. The monoisotopic (exact) mass is 511 g/mol. The predicted octanol–water partition coefficient (Wildman–Crippen LogP) is -0.730. The van der Waals surface area contributed by atoms with E-state index in [4.69, 9.17) is 36.2 Å². The lowest BCUT2D eigenvalue weighted by atomic mass is 10.1. The van der Waals surface area contributed by atoms with Crippen molar-refractivity contribution in [3.8, 4) is 0 Å². The van der Waals surface area contributed by atoms with Gasteiger partial charge in [0.2, 0.25) is 12.3 Å². The van der Waals surface area contributed by atoms with Crippen LogP contribution in [0, 0.1) is 0 Å². The number of amides is 4. The van der Waals surface area contributed by atoms with Gasteiger partial charge in [0.15, 0.2) is 0 Å². The van der Waals surface area contributed by atoms with Crippen LogP contribution in [0.4, 0.5) is 9.59 Å². The summed E-state index contributed by atoms with van der Waals surface area (Å²) in [5.74, 6) is -0.245. The number of methoxy groups -OCH3 is 1. The van der Waals surface area contributed by atoms with Crippen LogP contribution < -0.4 is 39.3 Å². The zero-order valence-corrected chi connectivity index (χ0v) is 21.6. The Labute approximate surface area is 209 Å². The van der Waals surface area contributed by atoms with E-state index in [1.165, 1.54) is 20.0 Å². The third-order valence-corrected chi connectivity index (χ3v) is 3.58. The SMILES string of the molecule is CCC(N)=O.CCCCN.COCCNC(=O)OCC(CCCCN)NC(=O)OCCN.NC=O. The van der Waals surface area contributed by atoms with Gasteiger partial charge in [-0.3, -0.25) is 9.59 Å². The molecule has 0 aliphatic rings. The number of nitrogens with one attached hydrogen (secondary N) is 2. The van der Waals surface area contributed by atoms with Crippen molar-refractivity contribution >= 4 is 24.5 Å². The van der Waals surface area contributed by atoms with E-state index in [-0.39, 0.29) is 38.1 Å². The van der Waals surface area contributed by atoms with Crippen LogP contribution in [0.25, 0.3) is 0 Å². The number of carbonyl (C=O) groups is 4. The first-order valence-electron chi connectivity index (χ1n) is 11.6. The topological polar surface area (TPSA) is 250 Å². The van der Waals surface area contributed by atoms with Gasteiger partial charge in [0.1, 0.15) is 13.2 Å². The molecule has 14 heteroatoms. The number of rotatable bonds is 15. The average Bonchev–Trinajstić information content (AvgIpc) is 2.83. The Morgan fingerprint density at radius 3 is 1.89 bits per heavy atom. The van der Waals surface area contributed by atoms with Crippen molar-refractivity contribution in [3.63, 3.8) is 0 Å². The molecule has 35 heavy (non-hydrogen) atoms. The van der Waals surface area contributed by atoms with Crippen molar-refractivity contribution < 1.29 is 33.4 Å². The Morgan fingerprint density at radius 1 is 0.914 bits per heavy atom. The van der Waals surface area contributed by atoms with Gasteiger partial charge in [0.25, 0.3) is 0 Å². The van der Waals surface area contributed by atoms with Gasteiger partial charge in [0, 0.05) is 26.6 Å². The van der Waals surface area contributed by atoms with Crippen LogP contribution >= 0.6 is 0 Å². The maximum Gasteiger partial charge on any atom is 0.407 e. The Hall–Kier alpha value is -2.68. The Morgan fingerprint density at radius 2 is 1.49 bits per heavy atom. The van der Waals surface area contributed by atoms with E-state index in [1.54, 1.807) is 6.92 Å². The normalized spacial score (nSPS) is 9.89. The molecule has 4 amide bonds. The predicted molar refractivity (Wildman–Crippen MR) is 135 cm³/mol. The molecule has 0 rings (SSSR count). The van der Waals surface area contributed by atoms with E-state index >= 15 is 0 Å².